The fourth-order valence-corrected chi connectivity index (χ4v) is 3.34. The molecule has 1 N–H and O–H groups in total. The molecule has 0 aromatic heterocycles. The van der Waals surface area contributed by atoms with Gasteiger partial charge in [0.2, 0.25) is 11.8 Å². The van der Waals surface area contributed by atoms with Gasteiger partial charge >= 0.3 is 0 Å². The van der Waals surface area contributed by atoms with Crippen molar-refractivity contribution in [1.82, 2.24) is 15.1 Å². The Bertz CT molecular complexity index is 693. The van der Waals surface area contributed by atoms with E-state index in [2.05, 4.69) is 5.32 Å². The van der Waals surface area contributed by atoms with Gasteiger partial charge in [-0.1, -0.05) is 18.2 Å². The number of nitrogens with zero attached hydrogens (tertiary/aromatic N) is 2. The lowest BCUT2D eigenvalue weighted by Gasteiger charge is -2.32. The van der Waals surface area contributed by atoms with Gasteiger partial charge in [-0.25, -0.2) is 0 Å². The number of rotatable bonds is 3. The van der Waals surface area contributed by atoms with Crippen molar-refractivity contribution >= 4 is 17.7 Å². The molecule has 2 heterocycles. The van der Waals surface area contributed by atoms with Crippen LogP contribution in [0.2, 0.25) is 0 Å². The molecule has 24 heavy (non-hydrogen) atoms. The molecule has 1 atom stereocenters. The van der Waals surface area contributed by atoms with Crippen molar-refractivity contribution in [1.29, 1.82) is 0 Å². The minimum absolute atomic E-state index is 0.0215. The van der Waals surface area contributed by atoms with Crippen molar-refractivity contribution in [3.05, 3.63) is 35.4 Å². The topological polar surface area (TPSA) is 69.7 Å². The number of carbonyl (C=O) groups is 3. The minimum atomic E-state index is -0.247. The van der Waals surface area contributed by atoms with Gasteiger partial charge in [0.05, 0.1) is 6.04 Å². The van der Waals surface area contributed by atoms with Crippen molar-refractivity contribution in [2.24, 2.45) is 0 Å². The Morgan fingerprint density at radius 1 is 1.25 bits per heavy atom. The molecule has 6 heteroatoms. The minimum Gasteiger partial charge on any atom is -0.350 e. The van der Waals surface area contributed by atoms with E-state index in [1.165, 1.54) is 4.90 Å². The maximum absolute atomic E-state index is 12.3. The van der Waals surface area contributed by atoms with Crippen LogP contribution in [0.3, 0.4) is 0 Å². The lowest BCUT2D eigenvalue weighted by molar-refractivity contribution is -0.131. The lowest BCUT2D eigenvalue weighted by atomic mass is 10.1. The van der Waals surface area contributed by atoms with E-state index < -0.39 is 0 Å². The van der Waals surface area contributed by atoms with Gasteiger partial charge in [0, 0.05) is 30.6 Å². The molecule has 1 unspecified atom stereocenters. The predicted molar refractivity (Wildman–Crippen MR) is 89.2 cm³/mol. The van der Waals surface area contributed by atoms with Crippen LogP contribution in [0, 0.1) is 0 Å². The van der Waals surface area contributed by atoms with Crippen molar-refractivity contribution in [2.45, 2.75) is 45.3 Å². The summed E-state index contributed by atoms with van der Waals surface area (Å²) in [5, 5.41) is 2.89. The second-order valence-electron chi connectivity index (χ2n) is 7.46. The number of hydrogen-bond acceptors (Lipinski definition) is 3. The molecule has 2 aliphatic rings. The second kappa shape index (κ2) is 5.92. The number of likely N-dealkylation sites (tertiary alicyclic amines) is 1. The summed E-state index contributed by atoms with van der Waals surface area (Å²) in [4.78, 5) is 40.0. The fraction of sp³-hybridized carbons (Fsp3) is 0.500. The van der Waals surface area contributed by atoms with Gasteiger partial charge in [-0.3, -0.25) is 14.4 Å². The largest absolute Gasteiger partial charge is 0.350 e. The van der Waals surface area contributed by atoms with Crippen molar-refractivity contribution in [2.75, 3.05) is 13.1 Å². The van der Waals surface area contributed by atoms with Crippen LogP contribution >= 0.6 is 0 Å². The Kier molecular flexibility index (Phi) is 4.07. The summed E-state index contributed by atoms with van der Waals surface area (Å²) in [6.45, 7) is 6.94. The number of benzene rings is 1. The summed E-state index contributed by atoms with van der Waals surface area (Å²) in [6, 6.07) is 7.21. The third-order valence-corrected chi connectivity index (χ3v) is 4.53. The van der Waals surface area contributed by atoms with E-state index in [-0.39, 0.29) is 35.8 Å². The molecule has 1 aromatic carbocycles. The normalized spacial score (nSPS) is 20.5. The van der Waals surface area contributed by atoms with Crippen LogP contribution in [0.1, 0.15) is 43.1 Å². The maximum atomic E-state index is 12.3. The SMILES string of the molecule is CC(C)(C)N1CC(NC(=O)CN2Cc3ccccc3C2=O)CC1=O. The Balaban J connectivity index is 1.56. The Hall–Kier alpha value is -2.37. The smallest absolute Gasteiger partial charge is 0.254 e. The molecule has 1 saturated heterocycles. The van der Waals surface area contributed by atoms with Gasteiger partial charge < -0.3 is 15.1 Å². The standard InChI is InChI=1S/C18H23N3O3/c1-18(2,3)21-10-13(8-16(21)23)19-15(22)11-20-9-12-6-4-5-7-14(12)17(20)24/h4-7,13H,8-11H2,1-3H3,(H,19,22). The molecule has 0 radical (unpaired) electrons. The molecule has 128 valence electrons. The van der Waals surface area contributed by atoms with Crippen LogP contribution in [0.4, 0.5) is 0 Å². The quantitative estimate of drug-likeness (QED) is 0.905. The first-order valence-electron chi connectivity index (χ1n) is 8.23. The van der Waals surface area contributed by atoms with Gasteiger partial charge in [0.15, 0.2) is 0 Å². The third kappa shape index (κ3) is 3.13. The van der Waals surface area contributed by atoms with E-state index in [9.17, 15) is 14.4 Å². The highest BCUT2D eigenvalue weighted by atomic mass is 16.2. The van der Waals surface area contributed by atoms with Crippen LogP contribution in [0.15, 0.2) is 24.3 Å². The number of amides is 3. The molecular weight excluding hydrogens is 306 g/mol. The lowest BCUT2D eigenvalue weighted by Crippen LogP contribution is -2.46. The highest BCUT2D eigenvalue weighted by Gasteiger charge is 2.37. The molecule has 1 aromatic rings. The zero-order valence-electron chi connectivity index (χ0n) is 14.3. The zero-order chi connectivity index (χ0) is 17.5. The molecule has 0 aliphatic carbocycles. The average Bonchev–Trinajstić information content (AvgIpc) is 3.00. The zero-order valence-corrected chi connectivity index (χ0v) is 14.3. The van der Waals surface area contributed by atoms with Gasteiger partial charge in [-0.15, -0.1) is 0 Å². The molecule has 1 fully saturated rings. The Labute approximate surface area is 141 Å². The second-order valence-corrected chi connectivity index (χ2v) is 7.46. The van der Waals surface area contributed by atoms with Gasteiger partial charge in [0.1, 0.15) is 6.54 Å². The van der Waals surface area contributed by atoms with Crippen LogP contribution in [0.5, 0.6) is 0 Å². The summed E-state index contributed by atoms with van der Waals surface area (Å²) >= 11 is 0. The first-order chi connectivity index (χ1) is 11.3. The van der Waals surface area contributed by atoms with E-state index in [4.69, 9.17) is 0 Å². The van der Waals surface area contributed by atoms with E-state index in [0.717, 1.165) is 5.56 Å². The summed E-state index contributed by atoms with van der Waals surface area (Å²) in [5.74, 6) is -0.276. The highest BCUT2D eigenvalue weighted by molar-refractivity contribution is 6.00. The van der Waals surface area contributed by atoms with Crippen LogP contribution in [-0.2, 0) is 16.1 Å². The fourth-order valence-electron chi connectivity index (χ4n) is 3.34. The van der Waals surface area contributed by atoms with Crippen molar-refractivity contribution in [3.8, 4) is 0 Å². The average molecular weight is 329 g/mol. The Morgan fingerprint density at radius 3 is 2.58 bits per heavy atom. The highest BCUT2D eigenvalue weighted by Crippen LogP contribution is 2.23. The Morgan fingerprint density at radius 2 is 1.96 bits per heavy atom. The van der Waals surface area contributed by atoms with Crippen LogP contribution < -0.4 is 5.32 Å². The molecular formula is C18H23N3O3. The monoisotopic (exact) mass is 329 g/mol. The predicted octanol–water partition coefficient (Wildman–Crippen LogP) is 1.16. The molecule has 0 spiro atoms. The van der Waals surface area contributed by atoms with E-state index in [1.807, 2.05) is 39.0 Å². The number of hydrogen-bond donors (Lipinski definition) is 1. The summed E-state index contributed by atoms with van der Waals surface area (Å²) in [7, 11) is 0. The molecule has 0 saturated carbocycles. The van der Waals surface area contributed by atoms with Gasteiger partial charge in [-0.2, -0.15) is 0 Å². The number of carbonyl (C=O) groups excluding carboxylic acids is 3. The summed E-state index contributed by atoms with van der Waals surface area (Å²) in [5.41, 5.74) is 1.37. The van der Waals surface area contributed by atoms with Crippen molar-refractivity contribution < 1.29 is 14.4 Å². The van der Waals surface area contributed by atoms with E-state index >= 15 is 0 Å². The van der Waals surface area contributed by atoms with Crippen molar-refractivity contribution in [3.63, 3.8) is 0 Å². The maximum Gasteiger partial charge on any atom is 0.254 e. The number of nitrogens with one attached hydrogen (secondary N) is 1. The van der Waals surface area contributed by atoms with Gasteiger partial charge in [-0.05, 0) is 32.4 Å². The first-order valence-corrected chi connectivity index (χ1v) is 8.23. The summed E-state index contributed by atoms with van der Waals surface area (Å²) < 4.78 is 0. The van der Waals surface area contributed by atoms with Crippen LogP contribution in [-0.4, -0.2) is 52.2 Å². The first kappa shape index (κ1) is 16.5. The van der Waals surface area contributed by atoms with Crippen LogP contribution in [0.25, 0.3) is 0 Å². The molecule has 3 amide bonds. The molecule has 2 aliphatic heterocycles. The molecule has 0 bridgehead atoms. The van der Waals surface area contributed by atoms with E-state index in [1.54, 1.807) is 11.0 Å². The van der Waals surface area contributed by atoms with Gasteiger partial charge in [0.25, 0.3) is 5.91 Å². The van der Waals surface area contributed by atoms with E-state index in [0.29, 0.717) is 25.1 Å². The molecule has 6 nitrogen and oxygen atoms in total. The number of fused-ring (bicyclic) bond motifs is 1. The third-order valence-electron chi connectivity index (χ3n) is 4.53. The summed E-state index contributed by atoms with van der Waals surface area (Å²) in [6.07, 6.45) is 0.317. The molecule has 3 rings (SSSR count).